The molecule has 3 rings (SSSR count). The molecule has 0 bridgehead atoms. The van der Waals surface area contributed by atoms with Gasteiger partial charge in [0.1, 0.15) is 6.04 Å². The number of furan rings is 1. The Hall–Kier alpha value is -3.32. The highest BCUT2D eigenvalue weighted by Crippen LogP contribution is 2.28. The van der Waals surface area contributed by atoms with E-state index in [9.17, 15) is 14.7 Å². The molecule has 2 amide bonds. The molecule has 3 aromatic rings. The first-order valence-corrected chi connectivity index (χ1v) is 8.80. The smallest absolute Gasteiger partial charge is 0.287 e. The van der Waals surface area contributed by atoms with Gasteiger partial charge in [-0.25, -0.2) is 0 Å². The van der Waals surface area contributed by atoms with Crippen molar-refractivity contribution in [2.24, 2.45) is 0 Å². The van der Waals surface area contributed by atoms with Crippen LogP contribution < -0.4 is 10.1 Å². The molecule has 0 aliphatic heterocycles. The molecule has 2 N–H and O–H groups in total. The van der Waals surface area contributed by atoms with Crippen molar-refractivity contribution < 1.29 is 23.8 Å². The first kappa shape index (κ1) is 19.4. The molecule has 28 heavy (non-hydrogen) atoms. The van der Waals surface area contributed by atoms with Crippen LogP contribution in [-0.4, -0.2) is 48.6 Å². The second kappa shape index (κ2) is 8.58. The predicted octanol–water partition coefficient (Wildman–Crippen LogP) is 2.19. The zero-order valence-electron chi connectivity index (χ0n) is 15.7. The summed E-state index contributed by atoms with van der Waals surface area (Å²) in [5, 5.41) is 12.9. The number of fused-ring (bicyclic) bond motifs is 1. The minimum atomic E-state index is -1.07. The number of nitrogens with zero attached hydrogens (tertiary/aromatic N) is 1. The maximum Gasteiger partial charge on any atom is 0.287 e. The van der Waals surface area contributed by atoms with Gasteiger partial charge in [0.05, 0.1) is 13.7 Å². The number of benzene rings is 2. The molecule has 0 unspecified atom stereocenters. The van der Waals surface area contributed by atoms with Crippen LogP contribution >= 0.6 is 0 Å². The predicted molar refractivity (Wildman–Crippen MR) is 104 cm³/mol. The Morgan fingerprint density at radius 2 is 1.93 bits per heavy atom. The van der Waals surface area contributed by atoms with Crippen LogP contribution in [0, 0.1) is 0 Å². The highest BCUT2D eigenvalue weighted by Gasteiger charge is 2.25. The summed E-state index contributed by atoms with van der Waals surface area (Å²) in [5.74, 6) is -0.433. The number of carbonyl (C=O) groups is 2. The lowest BCUT2D eigenvalue weighted by Gasteiger charge is -2.23. The van der Waals surface area contributed by atoms with Crippen LogP contribution in [0.1, 0.15) is 16.1 Å². The number of nitrogens with one attached hydrogen (secondary N) is 1. The van der Waals surface area contributed by atoms with Crippen LogP contribution in [0.3, 0.4) is 0 Å². The van der Waals surface area contributed by atoms with Crippen molar-refractivity contribution in [3.8, 4) is 5.75 Å². The second-order valence-corrected chi connectivity index (χ2v) is 6.38. The number of carbonyl (C=O) groups excluding carboxylic acids is 2. The highest BCUT2D eigenvalue weighted by atomic mass is 16.5. The third-order valence-corrected chi connectivity index (χ3v) is 4.38. The van der Waals surface area contributed by atoms with Gasteiger partial charge in [0.15, 0.2) is 17.1 Å². The summed E-state index contributed by atoms with van der Waals surface area (Å²) < 4.78 is 10.8. The van der Waals surface area contributed by atoms with Crippen molar-refractivity contribution >= 4 is 22.8 Å². The molecule has 1 atom stereocenters. The summed E-state index contributed by atoms with van der Waals surface area (Å²) in [5.41, 5.74) is 1.40. The number of hydrogen-bond donors (Lipinski definition) is 2. The molecule has 7 nitrogen and oxygen atoms in total. The van der Waals surface area contributed by atoms with E-state index in [0.717, 1.165) is 5.56 Å². The topological polar surface area (TPSA) is 92.0 Å². The highest BCUT2D eigenvalue weighted by molar-refractivity contribution is 5.99. The van der Waals surface area contributed by atoms with Gasteiger partial charge in [-0.1, -0.05) is 42.5 Å². The number of aliphatic hydroxyl groups excluding tert-OH is 1. The molecule has 1 aromatic heterocycles. The van der Waals surface area contributed by atoms with E-state index in [1.54, 1.807) is 31.3 Å². The SMILES string of the molecule is COc1cccc2cc(C(=O)N[C@@H](CO)C(=O)N(C)Cc3ccccc3)oc12. The number of para-hydroxylation sites is 1. The average molecular weight is 382 g/mol. The summed E-state index contributed by atoms with van der Waals surface area (Å²) in [6.45, 7) is -0.152. The van der Waals surface area contributed by atoms with Gasteiger partial charge in [-0.15, -0.1) is 0 Å². The van der Waals surface area contributed by atoms with Crippen LogP contribution in [-0.2, 0) is 11.3 Å². The van der Waals surface area contributed by atoms with Gasteiger partial charge in [0, 0.05) is 19.0 Å². The molecule has 0 fully saturated rings. The van der Waals surface area contributed by atoms with Gasteiger partial charge in [-0.05, 0) is 17.7 Å². The monoisotopic (exact) mass is 382 g/mol. The van der Waals surface area contributed by atoms with E-state index in [1.165, 1.54) is 12.0 Å². The van der Waals surface area contributed by atoms with Gasteiger partial charge in [0.2, 0.25) is 5.91 Å². The van der Waals surface area contributed by atoms with E-state index in [0.29, 0.717) is 23.3 Å². The third kappa shape index (κ3) is 4.15. The Kier molecular flexibility index (Phi) is 5.96. The molecule has 2 aromatic carbocycles. The lowest BCUT2D eigenvalue weighted by atomic mass is 10.2. The largest absolute Gasteiger partial charge is 0.493 e. The number of hydrogen-bond acceptors (Lipinski definition) is 5. The van der Waals surface area contributed by atoms with Crippen molar-refractivity contribution in [3.63, 3.8) is 0 Å². The number of ether oxygens (including phenoxy) is 1. The van der Waals surface area contributed by atoms with Gasteiger partial charge in [-0.3, -0.25) is 9.59 Å². The molecule has 0 aliphatic rings. The molecule has 146 valence electrons. The van der Waals surface area contributed by atoms with Crippen LogP contribution in [0.4, 0.5) is 0 Å². The van der Waals surface area contributed by atoms with Crippen molar-refractivity contribution in [1.29, 1.82) is 0 Å². The van der Waals surface area contributed by atoms with Crippen LogP contribution in [0.2, 0.25) is 0 Å². The van der Waals surface area contributed by atoms with E-state index in [2.05, 4.69) is 5.32 Å². The first-order chi connectivity index (χ1) is 13.5. The molecule has 0 aliphatic carbocycles. The standard InChI is InChI=1S/C21H22N2O5/c1-23(12-14-7-4-3-5-8-14)21(26)16(13-24)22-20(25)18-11-15-9-6-10-17(27-2)19(15)28-18/h3-11,16,24H,12-13H2,1-2H3,(H,22,25)/t16-/m0/s1. The fourth-order valence-electron chi connectivity index (χ4n) is 2.93. The van der Waals surface area contributed by atoms with Crippen molar-refractivity contribution in [2.45, 2.75) is 12.6 Å². The molecule has 0 spiro atoms. The van der Waals surface area contributed by atoms with Crippen molar-refractivity contribution in [1.82, 2.24) is 10.2 Å². The zero-order chi connectivity index (χ0) is 20.1. The lowest BCUT2D eigenvalue weighted by Crippen LogP contribution is -2.49. The maximum atomic E-state index is 12.6. The summed E-state index contributed by atoms with van der Waals surface area (Å²) in [4.78, 5) is 26.6. The van der Waals surface area contributed by atoms with Gasteiger partial charge in [0.25, 0.3) is 5.91 Å². The first-order valence-electron chi connectivity index (χ1n) is 8.80. The quantitative estimate of drug-likeness (QED) is 0.654. The average Bonchev–Trinajstić information content (AvgIpc) is 3.16. The van der Waals surface area contributed by atoms with E-state index < -0.39 is 24.5 Å². The summed E-state index contributed by atoms with van der Waals surface area (Å²) >= 11 is 0. The third-order valence-electron chi connectivity index (χ3n) is 4.38. The normalized spacial score (nSPS) is 11.8. The van der Waals surface area contributed by atoms with E-state index >= 15 is 0 Å². The fraction of sp³-hybridized carbons (Fsp3) is 0.238. The van der Waals surface area contributed by atoms with E-state index in [-0.39, 0.29) is 5.76 Å². The van der Waals surface area contributed by atoms with E-state index in [4.69, 9.17) is 9.15 Å². The molecule has 0 saturated carbocycles. The van der Waals surface area contributed by atoms with Crippen LogP contribution in [0.15, 0.2) is 59.0 Å². The van der Waals surface area contributed by atoms with Crippen molar-refractivity contribution in [2.75, 3.05) is 20.8 Å². The van der Waals surface area contributed by atoms with Crippen LogP contribution in [0.25, 0.3) is 11.0 Å². The fourth-order valence-corrected chi connectivity index (χ4v) is 2.93. The van der Waals surface area contributed by atoms with E-state index in [1.807, 2.05) is 30.3 Å². The molecule has 1 heterocycles. The minimum Gasteiger partial charge on any atom is -0.493 e. The van der Waals surface area contributed by atoms with Crippen molar-refractivity contribution in [3.05, 3.63) is 65.9 Å². The summed E-state index contributed by atoms with van der Waals surface area (Å²) in [6.07, 6.45) is 0. The Morgan fingerprint density at radius 3 is 2.61 bits per heavy atom. The Morgan fingerprint density at radius 1 is 1.18 bits per heavy atom. The Bertz CT molecular complexity index is 967. The van der Waals surface area contributed by atoms with Crippen LogP contribution in [0.5, 0.6) is 5.75 Å². The molecular formula is C21H22N2O5. The number of methoxy groups -OCH3 is 1. The molecule has 7 heteroatoms. The number of rotatable bonds is 7. The minimum absolute atomic E-state index is 0.0384. The molecule has 0 radical (unpaired) electrons. The number of aliphatic hydroxyl groups is 1. The zero-order valence-corrected chi connectivity index (χ0v) is 15.7. The molecular weight excluding hydrogens is 360 g/mol. The lowest BCUT2D eigenvalue weighted by molar-refractivity contribution is -0.133. The summed E-state index contributed by atoms with van der Waals surface area (Å²) in [6, 6.07) is 15.3. The van der Waals surface area contributed by atoms with Gasteiger partial charge in [-0.2, -0.15) is 0 Å². The Balaban J connectivity index is 1.71. The Labute approximate surface area is 162 Å². The second-order valence-electron chi connectivity index (χ2n) is 6.38. The van der Waals surface area contributed by atoms with Gasteiger partial charge >= 0.3 is 0 Å². The summed E-state index contributed by atoms with van der Waals surface area (Å²) in [7, 11) is 3.14. The number of likely N-dealkylation sites (N-methyl/N-ethyl adjacent to an activating group) is 1. The number of amides is 2. The molecule has 0 saturated heterocycles. The van der Waals surface area contributed by atoms with Gasteiger partial charge < -0.3 is 24.5 Å². The maximum absolute atomic E-state index is 12.6.